The summed E-state index contributed by atoms with van der Waals surface area (Å²) in [4.78, 5) is 0. The zero-order valence-corrected chi connectivity index (χ0v) is 15.6. The molecule has 0 aliphatic heterocycles. The molecule has 1 atom stereocenters. The van der Waals surface area contributed by atoms with E-state index < -0.39 is 5.72 Å². The third-order valence-corrected chi connectivity index (χ3v) is 3.98. The Morgan fingerprint density at radius 2 is 2.04 bits per heavy atom. The molecule has 6 nitrogen and oxygen atoms in total. The molecule has 1 aromatic heterocycles. The van der Waals surface area contributed by atoms with Crippen molar-refractivity contribution in [3.8, 4) is 11.4 Å². The maximum atomic E-state index is 11.4. The van der Waals surface area contributed by atoms with Crippen LogP contribution in [0.4, 0.5) is 0 Å². The minimum absolute atomic E-state index is 0.246. The number of nitrogens with zero attached hydrogens (tertiary/aromatic N) is 3. The molecule has 0 bridgehead atoms. The molecule has 0 radical (unpaired) electrons. The second-order valence-electron chi connectivity index (χ2n) is 6.76. The third kappa shape index (κ3) is 4.59. The number of H-pyrrole nitrogens is 1. The van der Waals surface area contributed by atoms with E-state index in [9.17, 15) is 5.11 Å². The second kappa shape index (κ2) is 7.07. The molecule has 3 N–H and O–H groups in total. The summed E-state index contributed by atoms with van der Waals surface area (Å²) in [5.41, 5.74) is 0.101. The summed E-state index contributed by atoms with van der Waals surface area (Å²) in [6.45, 7) is 8.23. The Morgan fingerprint density at radius 1 is 1.30 bits per heavy atom. The standard InChI is InChI=1S/C16H24BrN5O/c1-5-6-9-16(23,20-15(2,3)4)13-8-7-11(17)10-12(13)14-18-21-22-19-14/h7-8,10,20,23H,5-6,9H2,1-4H3,(H,18,19,21,22). The highest BCUT2D eigenvalue weighted by atomic mass is 79.9. The van der Waals surface area contributed by atoms with E-state index in [2.05, 4.69) is 48.8 Å². The van der Waals surface area contributed by atoms with Crippen molar-refractivity contribution in [2.75, 3.05) is 0 Å². The quantitative estimate of drug-likeness (QED) is 0.667. The van der Waals surface area contributed by atoms with E-state index in [1.54, 1.807) is 0 Å². The maximum absolute atomic E-state index is 11.4. The number of hydrogen-bond acceptors (Lipinski definition) is 5. The molecule has 1 heterocycles. The summed E-state index contributed by atoms with van der Waals surface area (Å²) in [6.07, 6.45) is 2.51. The zero-order valence-electron chi connectivity index (χ0n) is 14.0. The number of rotatable bonds is 6. The summed E-state index contributed by atoms with van der Waals surface area (Å²) < 4.78 is 0.898. The van der Waals surface area contributed by atoms with Gasteiger partial charge in [-0.25, -0.2) is 0 Å². The van der Waals surface area contributed by atoms with Crippen LogP contribution in [0.2, 0.25) is 0 Å². The van der Waals surface area contributed by atoms with E-state index in [0.29, 0.717) is 12.2 Å². The zero-order chi connectivity index (χ0) is 17.1. The number of aromatic amines is 1. The van der Waals surface area contributed by atoms with Gasteiger partial charge >= 0.3 is 0 Å². The lowest BCUT2D eigenvalue weighted by molar-refractivity contribution is -0.0315. The summed E-state index contributed by atoms with van der Waals surface area (Å²) in [6, 6.07) is 5.73. The summed E-state index contributed by atoms with van der Waals surface area (Å²) in [5.74, 6) is 0.465. The lowest BCUT2D eigenvalue weighted by atomic mass is 9.90. The van der Waals surface area contributed by atoms with E-state index in [1.165, 1.54) is 0 Å². The van der Waals surface area contributed by atoms with Crippen molar-refractivity contribution >= 4 is 15.9 Å². The van der Waals surface area contributed by atoms with Gasteiger partial charge in [0.05, 0.1) is 0 Å². The number of unbranched alkanes of at least 4 members (excludes halogenated alkanes) is 1. The second-order valence-corrected chi connectivity index (χ2v) is 7.68. The fourth-order valence-corrected chi connectivity index (χ4v) is 3.02. The lowest BCUT2D eigenvalue weighted by Gasteiger charge is -2.38. The molecule has 2 rings (SSSR count). The van der Waals surface area contributed by atoms with Crippen molar-refractivity contribution in [1.29, 1.82) is 0 Å². The average Bonchev–Trinajstić information content (AvgIpc) is 2.97. The summed E-state index contributed by atoms with van der Waals surface area (Å²) >= 11 is 3.47. The van der Waals surface area contributed by atoms with Crippen LogP contribution in [0.25, 0.3) is 11.4 Å². The molecule has 0 aliphatic carbocycles. The van der Waals surface area contributed by atoms with Gasteiger partial charge in [0.15, 0.2) is 0 Å². The van der Waals surface area contributed by atoms with Crippen LogP contribution in [0.3, 0.4) is 0 Å². The monoisotopic (exact) mass is 381 g/mol. The number of aliphatic hydroxyl groups is 1. The topological polar surface area (TPSA) is 86.7 Å². The number of aromatic nitrogens is 4. The molecular weight excluding hydrogens is 358 g/mol. The van der Waals surface area contributed by atoms with Gasteiger partial charge in [-0.05, 0) is 51.0 Å². The molecule has 23 heavy (non-hydrogen) atoms. The highest BCUT2D eigenvalue weighted by Crippen LogP contribution is 2.35. The van der Waals surface area contributed by atoms with Gasteiger partial charge in [-0.15, -0.1) is 10.2 Å². The van der Waals surface area contributed by atoms with Gasteiger partial charge in [0.2, 0.25) is 5.82 Å². The fourth-order valence-electron chi connectivity index (χ4n) is 2.66. The Bertz CT molecular complexity index is 638. The molecule has 1 aromatic carbocycles. The van der Waals surface area contributed by atoms with Crippen LogP contribution in [0, 0.1) is 0 Å². The van der Waals surface area contributed by atoms with Crippen molar-refractivity contribution in [2.24, 2.45) is 0 Å². The molecule has 126 valence electrons. The highest BCUT2D eigenvalue weighted by Gasteiger charge is 2.35. The van der Waals surface area contributed by atoms with E-state index in [0.717, 1.165) is 28.4 Å². The van der Waals surface area contributed by atoms with Gasteiger partial charge in [0, 0.05) is 21.1 Å². The largest absolute Gasteiger partial charge is 0.372 e. The van der Waals surface area contributed by atoms with Crippen molar-refractivity contribution < 1.29 is 5.11 Å². The number of hydrogen-bond donors (Lipinski definition) is 3. The smallest absolute Gasteiger partial charge is 0.205 e. The first-order chi connectivity index (χ1) is 10.7. The Balaban J connectivity index is 2.54. The van der Waals surface area contributed by atoms with Crippen LogP contribution in [-0.2, 0) is 5.72 Å². The fraction of sp³-hybridized carbons (Fsp3) is 0.562. The Labute approximate surface area is 145 Å². The van der Waals surface area contributed by atoms with E-state index in [-0.39, 0.29) is 5.54 Å². The predicted octanol–water partition coefficient (Wildman–Crippen LogP) is 3.35. The first-order valence-corrected chi connectivity index (χ1v) is 8.60. The molecule has 0 saturated heterocycles. The first kappa shape index (κ1) is 18.0. The highest BCUT2D eigenvalue weighted by molar-refractivity contribution is 9.10. The SMILES string of the molecule is CCCCC(O)(NC(C)(C)C)c1ccc(Br)cc1-c1nn[nH]n1. The van der Waals surface area contributed by atoms with Crippen LogP contribution in [0.5, 0.6) is 0 Å². The number of benzene rings is 1. The first-order valence-electron chi connectivity index (χ1n) is 7.81. The predicted molar refractivity (Wildman–Crippen MR) is 93.6 cm³/mol. The molecule has 0 saturated carbocycles. The van der Waals surface area contributed by atoms with E-state index in [1.807, 2.05) is 39.0 Å². The van der Waals surface area contributed by atoms with Crippen LogP contribution < -0.4 is 5.32 Å². The Kier molecular flexibility index (Phi) is 5.54. The maximum Gasteiger partial charge on any atom is 0.205 e. The number of nitrogens with one attached hydrogen (secondary N) is 2. The van der Waals surface area contributed by atoms with Crippen molar-refractivity contribution in [2.45, 2.75) is 58.2 Å². The van der Waals surface area contributed by atoms with Crippen LogP contribution in [0.1, 0.15) is 52.5 Å². The summed E-state index contributed by atoms with van der Waals surface area (Å²) in [7, 11) is 0. The Hall–Kier alpha value is -1.31. The van der Waals surface area contributed by atoms with Gasteiger partial charge in [0.25, 0.3) is 0 Å². The van der Waals surface area contributed by atoms with Crippen molar-refractivity contribution in [3.63, 3.8) is 0 Å². The van der Waals surface area contributed by atoms with E-state index >= 15 is 0 Å². The third-order valence-electron chi connectivity index (χ3n) is 3.49. The minimum Gasteiger partial charge on any atom is -0.372 e. The van der Waals surface area contributed by atoms with Gasteiger partial charge in [-0.3, -0.25) is 5.32 Å². The average molecular weight is 382 g/mol. The van der Waals surface area contributed by atoms with Crippen LogP contribution in [-0.4, -0.2) is 31.3 Å². The molecule has 0 spiro atoms. The van der Waals surface area contributed by atoms with Gasteiger partial charge < -0.3 is 5.11 Å². The molecule has 0 amide bonds. The van der Waals surface area contributed by atoms with Gasteiger partial charge in [-0.2, -0.15) is 5.21 Å². The normalized spacial score (nSPS) is 14.7. The van der Waals surface area contributed by atoms with Gasteiger partial charge in [-0.1, -0.05) is 35.3 Å². The van der Waals surface area contributed by atoms with Gasteiger partial charge in [0.1, 0.15) is 5.72 Å². The minimum atomic E-state index is -1.16. The molecule has 7 heteroatoms. The Morgan fingerprint density at radius 3 is 2.61 bits per heavy atom. The molecule has 0 aliphatic rings. The van der Waals surface area contributed by atoms with Crippen molar-refractivity contribution in [1.82, 2.24) is 25.9 Å². The summed E-state index contributed by atoms with van der Waals surface area (Å²) in [5, 5.41) is 29.0. The number of tetrazole rings is 1. The molecule has 0 fully saturated rings. The van der Waals surface area contributed by atoms with E-state index in [4.69, 9.17) is 0 Å². The lowest BCUT2D eigenvalue weighted by Crippen LogP contribution is -2.52. The molecule has 1 unspecified atom stereocenters. The van der Waals surface area contributed by atoms with Crippen molar-refractivity contribution in [3.05, 3.63) is 28.2 Å². The molecular formula is C16H24BrN5O. The van der Waals surface area contributed by atoms with Crippen LogP contribution >= 0.6 is 15.9 Å². The van der Waals surface area contributed by atoms with Crippen LogP contribution in [0.15, 0.2) is 22.7 Å². The number of halogens is 1. The molecule has 2 aromatic rings.